The molecule has 1 N–H and O–H groups in total. The van der Waals surface area contributed by atoms with Crippen LogP contribution in [0.5, 0.6) is 0 Å². The summed E-state index contributed by atoms with van der Waals surface area (Å²) in [6.45, 7) is 1.77. The molecule has 0 aliphatic heterocycles. The molecule has 4 nitrogen and oxygen atoms in total. The van der Waals surface area contributed by atoms with Gasteiger partial charge in [0.1, 0.15) is 11.4 Å². The van der Waals surface area contributed by atoms with Crippen LogP contribution in [0.1, 0.15) is 21.6 Å². The molecule has 2 aromatic rings. The van der Waals surface area contributed by atoms with Gasteiger partial charge in [-0.1, -0.05) is 17.7 Å². The van der Waals surface area contributed by atoms with Gasteiger partial charge in [-0.05, 0) is 36.8 Å². The van der Waals surface area contributed by atoms with Crippen LogP contribution >= 0.6 is 11.6 Å². The Morgan fingerprint density at radius 2 is 2.05 bits per heavy atom. The number of carbonyl (C=O) groups is 1. The number of carboxylic acids is 1. The number of aromatic carboxylic acids is 1. The summed E-state index contributed by atoms with van der Waals surface area (Å²) in [4.78, 5) is 23.0. The van der Waals surface area contributed by atoms with Crippen molar-refractivity contribution in [2.45, 2.75) is 13.5 Å². The molecule has 0 aliphatic rings. The Bertz CT molecular complexity index is 740. The number of carboxylic acid groups (broad SMARTS) is 1. The lowest BCUT2D eigenvalue weighted by molar-refractivity contribution is 0.0694. The number of hydrogen-bond acceptors (Lipinski definition) is 2. The molecule has 20 heavy (non-hydrogen) atoms. The van der Waals surface area contributed by atoms with Crippen LogP contribution in [-0.2, 0) is 6.54 Å². The van der Waals surface area contributed by atoms with Gasteiger partial charge in [0, 0.05) is 10.7 Å². The highest BCUT2D eigenvalue weighted by Crippen LogP contribution is 2.18. The number of nitrogens with zero attached hydrogens (tertiary/aromatic N) is 1. The fourth-order valence-corrected chi connectivity index (χ4v) is 2.08. The van der Waals surface area contributed by atoms with E-state index in [9.17, 15) is 14.0 Å². The molecular weight excluding hydrogens is 285 g/mol. The number of hydrogen-bond donors (Lipinski definition) is 1. The maximum Gasteiger partial charge on any atom is 0.341 e. The first kappa shape index (κ1) is 14.3. The summed E-state index contributed by atoms with van der Waals surface area (Å²) < 4.78 is 14.3. The third-order valence-corrected chi connectivity index (χ3v) is 3.32. The Hall–Kier alpha value is -2.14. The number of pyridine rings is 1. The minimum atomic E-state index is -1.28. The highest BCUT2D eigenvalue weighted by atomic mass is 35.5. The first-order chi connectivity index (χ1) is 9.40. The number of benzene rings is 1. The average Bonchev–Trinajstić information content (AvgIpc) is 2.36. The van der Waals surface area contributed by atoms with Gasteiger partial charge < -0.3 is 9.67 Å². The molecule has 2 rings (SSSR count). The van der Waals surface area contributed by atoms with E-state index < -0.39 is 17.3 Å². The van der Waals surface area contributed by atoms with Crippen molar-refractivity contribution in [2.75, 3.05) is 0 Å². The summed E-state index contributed by atoms with van der Waals surface area (Å²) in [5.74, 6) is -1.75. The molecular formula is C14H11ClFNO3. The van der Waals surface area contributed by atoms with Crippen LogP contribution in [0.2, 0.25) is 5.02 Å². The van der Waals surface area contributed by atoms with Crippen molar-refractivity contribution in [1.29, 1.82) is 0 Å². The highest BCUT2D eigenvalue weighted by molar-refractivity contribution is 6.31. The van der Waals surface area contributed by atoms with Gasteiger partial charge in [0.2, 0.25) is 0 Å². The van der Waals surface area contributed by atoms with E-state index in [4.69, 9.17) is 16.7 Å². The lowest BCUT2D eigenvalue weighted by atomic mass is 10.2. The summed E-state index contributed by atoms with van der Waals surface area (Å²) in [5, 5.41) is 9.14. The summed E-state index contributed by atoms with van der Waals surface area (Å²) >= 11 is 5.91. The third kappa shape index (κ3) is 2.72. The van der Waals surface area contributed by atoms with Crippen molar-refractivity contribution in [2.24, 2.45) is 0 Å². The predicted molar refractivity (Wildman–Crippen MR) is 72.9 cm³/mol. The summed E-state index contributed by atoms with van der Waals surface area (Å²) in [6.07, 6.45) is 0. The van der Waals surface area contributed by atoms with E-state index in [0.717, 1.165) is 6.07 Å². The molecule has 0 saturated heterocycles. The molecule has 1 aromatic carbocycles. The first-order valence-electron chi connectivity index (χ1n) is 5.78. The van der Waals surface area contributed by atoms with E-state index >= 15 is 0 Å². The van der Waals surface area contributed by atoms with Crippen molar-refractivity contribution >= 4 is 17.6 Å². The Morgan fingerprint density at radius 1 is 1.35 bits per heavy atom. The zero-order valence-corrected chi connectivity index (χ0v) is 11.3. The minimum Gasteiger partial charge on any atom is -0.477 e. The second kappa shape index (κ2) is 5.46. The summed E-state index contributed by atoms with van der Waals surface area (Å²) in [7, 11) is 0. The molecule has 0 atom stereocenters. The molecule has 1 heterocycles. The van der Waals surface area contributed by atoms with Gasteiger partial charge in [0.15, 0.2) is 0 Å². The maximum atomic E-state index is 13.0. The molecule has 0 spiro atoms. The SMILES string of the molecule is Cc1ccc(C(=O)O)c(=O)n1Cc1ccc(F)cc1Cl. The van der Waals surface area contributed by atoms with E-state index in [2.05, 4.69) is 0 Å². The van der Waals surface area contributed by atoms with Crippen LogP contribution in [0.3, 0.4) is 0 Å². The van der Waals surface area contributed by atoms with E-state index in [1.807, 2.05) is 0 Å². The Labute approximate surface area is 119 Å². The number of halogens is 2. The number of rotatable bonds is 3. The monoisotopic (exact) mass is 295 g/mol. The largest absolute Gasteiger partial charge is 0.477 e. The van der Waals surface area contributed by atoms with Crippen molar-refractivity contribution in [1.82, 2.24) is 4.57 Å². The summed E-state index contributed by atoms with van der Waals surface area (Å²) in [5.41, 5.74) is 0.216. The second-order valence-corrected chi connectivity index (χ2v) is 4.73. The molecule has 0 bridgehead atoms. The molecule has 1 aromatic heterocycles. The van der Waals surface area contributed by atoms with Gasteiger partial charge in [0.25, 0.3) is 5.56 Å². The zero-order chi connectivity index (χ0) is 14.9. The molecule has 0 saturated carbocycles. The Kier molecular flexibility index (Phi) is 3.90. The van der Waals surface area contributed by atoms with Gasteiger partial charge >= 0.3 is 5.97 Å². The fourth-order valence-electron chi connectivity index (χ4n) is 1.85. The van der Waals surface area contributed by atoms with Crippen LogP contribution in [0.4, 0.5) is 4.39 Å². The van der Waals surface area contributed by atoms with Crippen molar-refractivity contribution in [3.05, 3.63) is 68.3 Å². The normalized spacial score (nSPS) is 10.6. The van der Waals surface area contributed by atoms with Gasteiger partial charge in [-0.15, -0.1) is 0 Å². The zero-order valence-electron chi connectivity index (χ0n) is 10.6. The third-order valence-electron chi connectivity index (χ3n) is 2.97. The Balaban J connectivity index is 2.51. The van der Waals surface area contributed by atoms with Crippen molar-refractivity contribution in [3.63, 3.8) is 0 Å². The highest BCUT2D eigenvalue weighted by Gasteiger charge is 2.13. The van der Waals surface area contributed by atoms with E-state index in [-0.39, 0.29) is 17.1 Å². The Morgan fingerprint density at radius 3 is 2.65 bits per heavy atom. The second-order valence-electron chi connectivity index (χ2n) is 4.32. The van der Waals surface area contributed by atoms with Crippen LogP contribution in [0.25, 0.3) is 0 Å². The van der Waals surface area contributed by atoms with Crippen LogP contribution < -0.4 is 5.56 Å². The molecule has 0 unspecified atom stereocenters. The van der Waals surface area contributed by atoms with E-state index in [1.165, 1.54) is 22.8 Å². The fraction of sp³-hybridized carbons (Fsp3) is 0.143. The van der Waals surface area contributed by atoms with Gasteiger partial charge in [0.05, 0.1) is 6.54 Å². The topological polar surface area (TPSA) is 59.3 Å². The number of aromatic nitrogens is 1. The molecule has 6 heteroatoms. The van der Waals surface area contributed by atoms with Gasteiger partial charge in [-0.2, -0.15) is 0 Å². The van der Waals surface area contributed by atoms with Gasteiger partial charge in [-0.3, -0.25) is 4.79 Å². The molecule has 0 amide bonds. The van der Waals surface area contributed by atoms with E-state index in [0.29, 0.717) is 11.3 Å². The molecule has 104 valence electrons. The average molecular weight is 296 g/mol. The van der Waals surface area contributed by atoms with Crippen LogP contribution in [-0.4, -0.2) is 15.6 Å². The van der Waals surface area contributed by atoms with Crippen molar-refractivity contribution < 1.29 is 14.3 Å². The predicted octanol–water partition coefficient (Wildman–Crippen LogP) is 2.70. The molecule has 0 radical (unpaired) electrons. The number of aryl methyl sites for hydroxylation is 1. The first-order valence-corrected chi connectivity index (χ1v) is 6.15. The molecule has 0 aliphatic carbocycles. The van der Waals surface area contributed by atoms with Crippen LogP contribution in [0.15, 0.2) is 35.1 Å². The molecule has 0 fully saturated rings. The smallest absolute Gasteiger partial charge is 0.341 e. The van der Waals surface area contributed by atoms with E-state index in [1.54, 1.807) is 13.0 Å². The summed E-state index contributed by atoms with van der Waals surface area (Å²) in [6, 6.07) is 6.67. The lowest BCUT2D eigenvalue weighted by Crippen LogP contribution is -2.28. The van der Waals surface area contributed by atoms with Crippen molar-refractivity contribution in [3.8, 4) is 0 Å². The van der Waals surface area contributed by atoms with Gasteiger partial charge in [-0.25, -0.2) is 9.18 Å². The maximum absolute atomic E-state index is 13.0. The quantitative estimate of drug-likeness (QED) is 0.947. The minimum absolute atomic E-state index is 0.0882. The standard InChI is InChI=1S/C14H11ClFNO3/c1-8-2-5-11(14(19)20)13(18)17(8)7-9-3-4-10(16)6-12(9)15/h2-6H,7H2,1H3,(H,19,20). The lowest BCUT2D eigenvalue weighted by Gasteiger charge is -2.12. The van der Waals surface area contributed by atoms with Crippen LogP contribution in [0, 0.1) is 12.7 Å².